The number of aromatic nitrogens is 2. The van der Waals surface area contributed by atoms with Gasteiger partial charge in [0.1, 0.15) is 0 Å². The van der Waals surface area contributed by atoms with E-state index >= 15 is 0 Å². The molecule has 7 heteroatoms. The molecule has 3 aromatic rings. The summed E-state index contributed by atoms with van der Waals surface area (Å²) in [7, 11) is 1.33. The van der Waals surface area contributed by atoms with Gasteiger partial charge in [0.05, 0.1) is 29.0 Å². The first-order valence-corrected chi connectivity index (χ1v) is 8.55. The lowest BCUT2D eigenvalue weighted by molar-refractivity contribution is -0.115. The molecule has 2 N–H and O–H groups in total. The number of hydrogen-bond donors (Lipinski definition) is 2. The van der Waals surface area contributed by atoms with E-state index < -0.39 is 5.97 Å². The normalized spacial score (nSPS) is 11.9. The fraction of sp³-hybridized carbons (Fsp3) is 0.167. The van der Waals surface area contributed by atoms with Gasteiger partial charge in [0.25, 0.3) is 0 Å². The zero-order chi connectivity index (χ0) is 17.8. The molecule has 128 valence electrons. The zero-order valence-corrected chi connectivity index (χ0v) is 14.6. The lowest BCUT2D eigenvalue weighted by Crippen LogP contribution is -2.22. The number of imidazole rings is 1. The number of anilines is 1. The Bertz CT molecular complexity index is 872. The van der Waals surface area contributed by atoms with Crippen LogP contribution in [0.25, 0.3) is 11.0 Å². The number of nitrogens with zero attached hydrogens (tertiary/aromatic N) is 1. The summed E-state index contributed by atoms with van der Waals surface area (Å²) >= 11 is 1.36. The smallest absolute Gasteiger partial charge is 0.337 e. The highest BCUT2D eigenvalue weighted by Crippen LogP contribution is 2.24. The number of carbonyl (C=O) groups excluding carboxylic acids is 2. The molecular formula is C18H17N3O3S. The Morgan fingerprint density at radius 3 is 2.56 bits per heavy atom. The molecule has 1 atom stereocenters. The second kappa shape index (κ2) is 7.40. The Kier molecular flexibility index (Phi) is 5.04. The van der Waals surface area contributed by atoms with Gasteiger partial charge in [0.15, 0.2) is 5.16 Å². The van der Waals surface area contributed by atoms with Crippen LogP contribution in [0.1, 0.15) is 17.3 Å². The number of aromatic amines is 1. The Labute approximate surface area is 149 Å². The SMILES string of the molecule is COC(=O)c1ccc(NC(=O)[C@H](C)Sc2nc3ccccc3[nH]2)cc1. The Morgan fingerprint density at radius 1 is 1.16 bits per heavy atom. The third-order valence-corrected chi connectivity index (χ3v) is 4.58. The molecule has 0 aliphatic carbocycles. The second-order valence-electron chi connectivity index (χ2n) is 5.38. The molecule has 6 nitrogen and oxygen atoms in total. The van der Waals surface area contributed by atoms with Crippen molar-refractivity contribution in [1.82, 2.24) is 9.97 Å². The van der Waals surface area contributed by atoms with E-state index in [1.165, 1.54) is 18.9 Å². The van der Waals surface area contributed by atoms with Gasteiger partial charge in [-0.1, -0.05) is 23.9 Å². The topological polar surface area (TPSA) is 84.1 Å². The average Bonchev–Trinajstić information content (AvgIpc) is 3.03. The fourth-order valence-electron chi connectivity index (χ4n) is 2.26. The van der Waals surface area contributed by atoms with Crippen molar-refractivity contribution in [1.29, 1.82) is 0 Å². The van der Waals surface area contributed by atoms with Gasteiger partial charge < -0.3 is 15.0 Å². The van der Waals surface area contributed by atoms with Crippen LogP contribution in [0.5, 0.6) is 0 Å². The van der Waals surface area contributed by atoms with Crippen molar-refractivity contribution in [2.45, 2.75) is 17.3 Å². The van der Waals surface area contributed by atoms with Gasteiger partial charge in [-0.25, -0.2) is 9.78 Å². The van der Waals surface area contributed by atoms with E-state index in [9.17, 15) is 9.59 Å². The number of thioether (sulfide) groups is 1. The van der Waals surface area contributed by atoms with Crippen molar-refractivity contribution < 1.29 is 14.3 Å². The summed E-state index contributed by atoms with van der Waals surface area (Å²) < 4.78 is 4.65. The molecule has 25 heavy (non-hydrogen) atoms. The number of amides is 1. The number of benzene rings is 2. The molecule has 0 saturated heterocycles. The summed E-state index contributed by atoms with van der Waals surface area (Å²) in [5, 5.41) is 3.19. The first-order valence-electron chi connectivity index (χ1n) is 7.67. The molecule has 0 aliphatic heterocycles. The van der Waals surface area contributed by atoms with Crippen molar-refractivity contribution in [3.05, 3.63) is 54.1 Å². The van der Waals surface area contributed by atoms with Crippen LogP contribution in [0.4, 0.5) is 5.69 Å². The molecule has 2 aromatic carbocycles. The first-order chi connectivity index (χ1) is 12.1. The van der Waals surface area contributed by atoms with E-state index in [0.29, 0.717) is 16.4 Å². The number of ether oxygens (including phenoxy) is 1. The van der Waals surface area contributed by atoms with Crippen LogP contribution >= 0.6 is 11.8 Å². The van der Waals surface area contributed by atoms with Crippen molar-refractivity contribution in [2.24, 2.45) is 0 Å². The summed E-state index contributed by atoms with van der Waals surface area (Å²) in [4.78, 5) is 31.4. The number of hydrogen-bond acceptors (Lipinski definition) is 5. The molecule has 3 rings (SSSR count). The molecule has 0 aliphatic rings. The van der Waals surface area contributed by atoms with E-state index in [0.717, 1.165) is 11.0 Å². The number of rotatable bonds is 5. The second-order valence-corrected chi connectivity index (χ2v) is 6.71. The summed E-state index contributed by atoms with van der Waals surface area (Å²) in [5.41, 5.74) is 2.87. The molecule has 1 heterocycles. The van der Waals surface area contributed by atoms with Crippen LogP contribution in [0.15, 0.2) is 53.7 Å². The summed E-state index contributed by atoms with van der Waals surface area (Å²) in [6.45, 7) is 1.82. The predicted octanol–water partition coefficient (Wildman–Crippen LogP) is 3.47. The molecule has 0 bridgehead atoms. The van der Waals surface area contributed by atoms with Gasteiger partial charge in [-0.15, -0.1) is 0 Å². The quantitative estimate of drug-likeness (QED) is 0.541. The average molecular weight is 355 g/mol. The standard InChI is InChI=1S/C18H17N3O3S/c1-11(25-18-20-14-5-3-4-6-15(14)21-18)16(22)19-13-9-7-12(8-10-13)17(23)24-2/h3-11H,1-2H3,(H,19,22)(H,20,21)/t11-/m0/s1. The monoisotopic (exact) mass is 355 g/mol. The highest BCUT2D eigenvalue weighted by molar-refractivity contribution is 8.00. The van der Waals surface area contributed by atoms with Crippen LogP contribution in [-0.4, -0.2) is 34.2 Å². The zero-order valence-electron chi connectivity index (χ0n) is 13.8. The fourth-order valence-corrected chi connectivity index (χ4v) is 3.08. The maximum absolute atomic E-state index is 12.3. The van der Waals surface area contributed by atoms with E-state index in [4.69, 9.17) is 0 Å². The minimum atomic E-state index is -0.410. The number of carbonyl (C=O) groups is 2. The Hall–Kier alpha value is -2.80. The third kappa shape index (κ3) is 4.00. The number of fused-ring (bicyclic) bond motifs is 1. The lowest BCUT2D eigenvalue weighted by atomic mass is 10.2. The van der Waals surface area contributed by atoms with Crippen molar-refractivity contribution >= 4 is 40.4 Å². The van der Waals surface area contributed by atoms with Gasteiger partial charge in [-0.3, -0.25) is 4.79 Å². The van der Waals surface area contributed by atoms with Crippen LogP contribution in [0.2, 0.25) is 0 Å². The maximum Gasteiger partial charge on any atom is 0.337 e. The van der Waals surface area contributed by atoms with E-state index in [1.807, 2.05) is 31.2 Å². The molecule has 1 aromatic heterocycles. The van der Waals surface area contributed by atoms with E-state index in [1.54, 1.807) is 24.3 Å². The van der Waals surface area contributed by atoms with E-state index in [-0.39, 0.29) is 11.2 Å². The van der Waals surface area contributed by atoms with Crippen LogP contribution in [-0.2, 0) is 9.53 Å². The highest BCUT2D eigenvalue weighted by atomic mass is 32.2. The van der Waals surface area contributed by atoms with Gasteiger partial charge in [0.2, 0.25) is 5.91 Å². The highest BCUT2D eigenvalue weighted by Gasteiger charge is 2.17. The van der Waals surface area contributed by atoms with Crippen molar-refractivity contribution in [2.75, 3.05) is 12.4 Å². The summed E-state index contributed by atoms with van der Waals surface area (Å²) in [6, 6.07) is 14.3. The maximum atomic E-state index is 12.3. The Balaban J connectivity index is 1.63. The number of para-hydroxylation sites is 2. The van der Waals surface area contributed by atoms with Crippen molar-refractivity contribution in [3.63, 3.8) is 0 Å². The summed E-state index contributed by atoms with van der Waals surface area (Å²) in [6.07, 6.45) is 0. The van der Waals surface area contributed by atoms with Crippen molar-refractivity contribution in [3.8, 4) is 0 Å². The molecule has 0 unspecified atom stereocenters. The van der Waals surface area contributed by atoms with Crippen LogP contribution in [0.3, 0.4) is 0 Å². The predicted molar refractivity (Wildman–Crippen MR) is 97.8 cm³/mol. The third-order valence-electron chi connectivity index (χ3n) is 3.60. The van der Waals surface area contributed by atoms with Gasteiger partial charge in [0, 0.05) is 5.69 Å². The van der Waals surface area contributed by atoms with Crippen LogP contribution < -0.4 is 5.32 Å². The molecule has 1 amide bonds. The number of methoxy groups -OCH3 is 1. The van der Waals surface area contributed by atoms with Gasteiger partial charge in [-0.05, 0) is 43.3 Å². The van der Waals surface area contributed by atoms with Gasteiger partial charge >= 0.3 is 5.97 Å². The molecule has 0 fully saturated rings. The molecule has 0 saturated carbocycles. The van der Waals surface area contributed by atoms with Crippen LogP contribution in [0, 0.1) is 0 Å². The first kappa shape index (κ1) is 17.0. The number of esters is 1. The number of nitrogens with one attached hydrogen (secondary N) is 2. The van der Waals surface area contributed by atoms with Gasteiger partial charge in [-0.2, -0.15) is 0 Å². The summed E-state index contributed by atoms with van der Waals surface area (Å²) in [5.74, 6) is -0.553. The van der Waals surface area contributed by atoms with E-state index in [2.05, 4.69) is 20.0 Å². The minimum Gasteiger partial charge on any atom is -0.465 e. The minimum absolute atomic E-state index is 0.142. The Morgan fingerprint density at radius 2 is 1.88 bits per heavy atom. The number of H-pyrrole nitrogens is 1. The largest absolute Gasteiger partial charge is 0.465 e. The molecule has 0 spiro atoms. The lowest BCUT2D eigenvalue weighted by Gasteiger charge is -2.10. The molecule has 0 radical (unpaired) electrons. The molecular weight excluding hydrogens is 338 g/mol.